The van der Waals surface area contributed by atoms with Crippen LogP contribution in [0.25, 0.3) is 0 Å². The number of hydroxylamine groups is 1. The summed E-state index contributed by atoms with van der Waals surface area (Å²) in [5.41, 5.74) is 1.75. The summed E-state index contributed by atoms with van der Waals surface area (Å²) in [6.45, 7) is 8.14. The van der Waals surface area contributed by atoms with Gasteiger partial charge in [0.2, 0.25) is 10.0 Å². The topological polar surface area (TPSA) is 105 Å². The number of sulfonamides is 1. The number of piperidine rings is 1. The third kappa shape index (κ3) is 4.75. The second-order valence-electron chi connectivity index (χ2n) is 8.33. The lowest BCUT2D eigenvalue weighted by Gasteiger charge is -2.40. The number of nitrogens with zero attached hydrogens (tertiary/aromatic N) is 1. The van der Waals surface area contributed by atoms with Crippen molar-refractivity contribution >= 4 is 15.9 Å². The molecule has 2 rings (SSSR count). The second-order valence-corrected chi connectivity index (χ2v) is 10.6. The van der Waals surface area contributed by atoms with E-state index < -0.39 is 20.7 Å². The van der Waals surface area contributed by atoms with Gasteiger partial charge in [-0.1, -0.05) is 20.8 Å². The molecular formula is C17H32N2O6S. The van der Waals surface area contributed by atoms with Crippen LogP contribution < -0.4 is 5.48 Å². The number of carbonyl (C=O) groups excluding carboxylic acids is 1. The summed E-state index contributed by atoms with van der Waals surface area (Å²) >= 11 is 0. The van der Waals surface area contributed by atoms with Gasteiger partial charge in [0.05, 0.1) is 6.10 Å². The minimum Gasteiger partial charge on any atom is -0.381 e. The molecule has 0 aromatic heterocycles. The van der Waals surface area contributed by atoms with Crippen LogP contribution in [-0.4, -0.2) is 67.6 Å². The first-order valence-corrected chi connectivity index (χ1v) is 10.7. The van der Waals surface area contributed by atoms with E-state index in [9.17, 15) is 13.2 Å². The van der Waals surface area contributed by atoms with E-state index >= 15 is 0 Å². The number of hydrogen-bond acceptors (Lipinski definition) is 6. The van der Waals surface area contributed by atoms with Crippen molar-refractivity contribution in [1.82, 2.24) is 9.79 Å². The predicted octanol–water partition coefficient (Wildman–Crippen LogP) is 1.29. The summed E-state index contributed by atoms with van der Waals surface area (Å²) in [4.78, 5) is 12.2. The van der Waals surface area contributed by atoms with Gasteiger partial charge in [-0.3, -0.25) is 10.0 Å². The van der Waals surface area contributed by atoms with Crippen molar-refractivity contribution in [2.24, 2.45) is 5.41 Å². The molecule has 1 amide bonds. The molecule has 2 saturated heterocycles. The summed E-state index contributed by atoms with van der Waals surface area (Å²) < 4.78 is 37.2. The number of nitrogens with one attached hydrogen (secondary N) is 1. The maximum Gasteiger partial charge on any atom is 0.266 e. The number of rotatable bonds is 6. The highest BCUT2D eigenvalue weighted by atomic mass is 32.2. The Hall–Kier alpha value is -0.740. The SMILES string of the molecule is CC(C)(C)CCOC1CCN(S(=O)(=O)C2(C(=O)NO)CCOCC2)CC1. The van der Waals surface area contributed by atoms with Crippen LogP contribution in [0.4, 0.5) is 0 Å². The molecule has 2 heterocycles. The molecule has 0 aromatic rings. The molecule has 152 valence electrons. The van der Waals surface area contributed by atoms with Gasteiger partial charge in [-0.15, -0.1) is 0 Å². The van der Waals surface area contributed by atoms with E-state index in [1.165, 1.54) is 4.31 Å². The smallest absolute Gasteiger partial charge is 0.266 e. The number of carbonyl (C=O) groups is 1. The number of ether oxygens (including phenoxy) is 2. The molecule has 2 aliphatic heterocycles. The van der Waals surface area contributed by atoms with Crippen LogP contribution in [0.5, 0.6) is 0 Å². The van der Waals surface area contributed by atoms with Gasteiger partial charge >= 0.3 is 0 Å². The Bertz CT molecular complexity index is 573. The van der Waals surface area contributed by atoms with Crippen LogP contribution >= 0.6 is 0 Å². The zero-order valence-electron chi connectivity index (χ0n) is 16.0. The summed E-state index contributed by atoms with van der Waals surface area (Å²) in [6, 6.07) is 0. The van der Waals surface area contributed by atoms with Crippen LogP contribution in [0.15, 0.2) is 0 Å². The van der Waals surface area contributed by atoms with Gasteiger partial charge in [0.15, 0.2) is 4.75 Å². The van der Waals surface area contributed by atoms with Crippen LogP contribution in [0.1, 0.15) is 52.9 Å². The van der Waals surface area contributed by atoms with Gasteiger partial charge in [-0.25, -0.2) is 18.2 Å². The fraction of sp³-hybridized carbons (Fsp3) is 0.941. The molecule has 2 aliphatic rings. The third-order valence-corrected chi connectivity index (χ3v) is 7.88. The highest BCUT2D eigenvalue weighted by molar-refractivity contribution is 7.91. The fourth-order valence-electron chi connectivity index (χ4n) is 3.42. The lowest BCUT2D eigenvalue weighted by molar-refractivity contribution is -0.134. The van der Waals surface area contributed by atoms with E-state index in [4.69, 9.17) is 14.7 Å². The zero-order valence-corrected chi connectivity index (χ0v) is 16.8. The third-order valence-electron chi connectivity index (χ3n) is 5.26. The quantitative estimate of drug-likeness (QED) is 0.521. The molecule has 0 aliphatic carbocycles. The molecule has 0 unspecified atom stereocenters. The molecular weight excluding hydrogens is 360 g/mol. The molecule has 0 bridgehead atoms. The molecule has 2 N–H and O–H groups in total. The van der Waals surface area contributed by atoms with Crippen molar-refractivity contribution in [3.63, 3.8) is 0 Å². The molecule has 0 spiro atoms. The van der Waals surface area contributed by atoms with Crippen molar-refractivity contribution in [3.8, 4) is 0 Å². The van der Waals surface area contributed by atoms with E-state index in [0.29, 0.717) is 32.5 Å². The summed E-state index contributed by atoms with van der Waals surface area (Å²) in [5.74, 6) is -0.871. The van der Waals surface area contributed by atoms with Crippen LogP contribution in [0.2, 0.25) is 0 Å². The van der Waals surface area contributed by atoms with Crippen LogP contribution in [-0.2, 0) is 24.3 Å². The second kappa shape index (κ2) is 8.52. The van der Waals surface area contributed by atoms with Crippen molar-refractivity contribution in [2.45, 2.75) is 63.7 Å². The number of hydrogen-bond donors (Lipinski definition) is 2. The zero-order chi connectivity index (χ0) is 19.4. The highest BCUT2D eigenvalue weighted by Gasteiger charge is 2.54. The maximum atomic E-state index is 13.2. The standard InChI is InChI=1S/C17H32N2O6S/c1-16(2,3)6-13-25-14-4-9-19(10-5-14)26(22,23)17(15(20)18-21)7-11-24-12-8-17/h14,21H,4-13H2,1-3H3,(H,18,20). The molecule has 9 heteroatoms. The largest absolute Gasteiger partial charge is 0.381 e. The van der Waals surface area contributed by atoms with Gasteiger partial charge in [-0.05, 0) is 24.7 Å². The van der Waals surface area contributed by atoms with Crippen molar-refractivity contribution in [1.29, 1.82) is 0 Å². The molecule has 0 atom stereocenters. The minimum atomic E-state index is -3.90. The lowest BCUT2D eigenvalue weighted by atomic mass is 9.93. The van der Waals surface area contributed by atoms with E-state index in [2.05, 4.69) is 20.8 Å². The van der Waals surface area contributed by atoms with Crippen molar-refractivity contribution in [3.05, 3.63) is 0 Å². The van der Waals surface area contributed by atoms with Crippen molar-refractivity contribution < 1.29 is 27.9 Å². The summed E-state index contributed by atoms with van der Waals surface area (Å²) in [5, 5.41) is 9.08. The fourth-order valence-corrected chi connectivity index (χ4v) is 5.57. The van der Waals surface area contributed by atoms with Gasteiger partial charge in [0, 0.05) is 45.8 Å². The Morgan fingerprint density at radius 1 is 1.27 bits per heavy atom. The molecule has 2 fully saturated rings. The van der Waals surface area contributed by atoms with E-state index in [1.54, 1.807) is 5.48 Å². The van der Waals surface area contributed by atoms with E-state index in [1.807, 2.05) is 0 Å². The lowest BCUT2D eigenvalue weighted by Crippen LogP contribution is -2.60. The maximum absolute atomic E-state index is 13.2. The van der Waals surface area contributed by atoms with Gasteiger partial charge in [0.1, 0.15) is 0 Å². The monoisotopic (exact) mass is 392 g/mol. The Morgan fingerprint density at radius 3 is 2.35 bits per heavy atom. The van der Waals surface area contributed by atoms with Gasteiger partial charge < -0.3 is 9.47 Å². The summed E-state index contributed by atoms with van der Waals surface area (Å²) in [6.07, 6.45) is 2.30. The molecule has 0 radical (unpaired) electrons. The van der Waals surface area contributed by atoms with Crippen molar-refractivity contribution in [2.75, 3.05) is 32.9 Å². The first-order chi connectivity index (χ1) is 12.1. The van der Waals surface area contributed by atoms with Gasteiger partial charge in [0.25, 0.3) is 5.91 Å². The predicted molar refractivity (Wildman–Crippen MR) is 96.3 cm³/mol. The van der Waals surface area contributed by atoms with Crippen LogP contribution in [0.3, 0.4) is 0 Å². The average molecular weight is 393 g/mol. The molecule has 26 heavy (non-hydrogen) atoms. The molecule has 0 aromatic carbocycles. The Labute approximate surface area is 156 Å². The molecule has 8 nitrogen and oxygen atoms in total. The normalized spacial score (nSPS) is 22.9. The Balaban J connectivity index is 1.99. The van der Waals surface area contributed by atoms with E-state index in [-0.39, 0.29) is 37.6 Å². The first-order valence-electron chi connectivity index (χ1n) is 9.26. The number of amides is 1. The Morgan fingerprint density at radius 2 is 1.85 bits per heavy atom. The van der Waals surface area contributed by atoms with Gasteiger partial charge in [-0.2, -0.15) is 0 Å². The average Bonchev–Trinajstić information content (AvgIpc) is 2.61. The first kappa shape index (κ1) is 21.6. The minimum absolute atomic E-state index is 0.0427. The van der Waals surface area contributed by atoms with E-state index in [0.717, 1.165) is 6.42 Å². The Kier molecular flexibility index (Phi) is 7.06. The van der Waals surface area contributed by atoms with Crippen LogP contribution in [0, 0.1) is 5.41 Å². The summed E-state index contributed by atoms with van der Waals surface area (Å²) in [7, 11) is -3.90. The highest BCUT2D eigenvalue weighted by Crippen LogP contribution is 2.34. The molecule has 0 saturated carbocycles.